The van der Waals surface area contributed by atoms with E-state index in [2.05, 4.69) is 5.10 Å². The number of rotatable bonds is 2. The summed E-state index contributed by atoms with van der Waals surface area (Å²) in [6.45, 7) is 6.13. The van der Waals surface area contributed by atoms with Crippen LogP contribution in [0.25, 0.3) is 16.4 Å². The number of hydrogen-bond acceptors (Lipinski definition) is 3. The van der Waals surface area contributed by atoms with Gasteiger partial charge in [-0.1, -0.05) is 31.2 Å². The highest BCUT2D eigenvalue weighted by atomic mass is 16.4. The number of benzene rings is 2. The zero-order valence-corrected chi connectivity index (χ0v) is 18.2. The van der Waals surface area contributed by atoms with Crippen LogP contribution in [0.3, 0.4) is 0 Å². The van der Waals surface area contributed by atoms with Gasteiger partial charge in [-0.25, -0.2) is 9.31 Å². The lowest BCUT2D eigenvalue weighted by Gasteiger charge is -2.41. The van der Waals surface area contributed by atoms with Gasteiger partial charge in [0.05, 0.1) is 28.5 Å². The topological polar surface area (TPSA) is 78.2 Å². The van der Waals surface area contributed by atoms with E-state index in [1.165, 1.54) is 4.90 Å². The summed E-state index contributed by atoms with van der Waals surface area (Å²) in [4.78, 5) is 28.8. The number of fused-ring (bicyclic) bond motifs is 4. The van der Waals surface area contributed by atoms with Crippen molar-refractivity contribution < 1.29 is 14.7 Å². The highest BCUT2D eigenvalue weighted by Gasteiger charge is 2.37. The summed E-state index contributed by atoms with van der Waals surface area (Å²) in [5.74, 6) is -0.231. The van der Waals surface area contributed by atoms with Crippen molar-refractivity contribution >= 4 is 39.8 Å². The van der Waals surface area contributed by atoms with Crippen molar-refractivity contribution in [1.29, 1.82) is 0 Å². The molecule has 2 aromatic heterocycles. The minimum atomic E-state index is -1.01. The van der Waals surface area contributed by atoms with Gasteiger partial charge in [-0.05, 0) is 61.7 Å². The standard InChI is InChI=1S/C25H24N4O3/c1-4-18-14-27(22-11-15(2)16(3)12-23(22)28(18)25(31)32)24(30)20-13-19-10-9-17-7-5-6-8-21(17)29(19)26-20/h5-13,18H,4,14H2,1-3H3,(H,31,32). The van der Waals surface area contributed by atoms with Crippen LogP contribution in [0.2, 0.25) is 0 Å². The number of pyridine rings is 1. The second-order valence-corrected chi connectivity index (χ2v) is 8.31. The summed E-state index contributed by atoms with van der Waals surface area (Å²) in [6.07, 6.45) is -0.411. The maximum Gasteiger partial charge on any atom is 0.412 e. The molecule has 0 aliphatic carbocycles. The Kier molecular flexibility index (Phi) is 4.62. The summed E-state index contributed by atoms with van der Waals surface area (Å²) in [5.41, 5.74) is 5.24. The van der Waals surface area contributed by atoms with E-state index in [-0.39, 0.29) is 18.5 Å². The highest BCUT2D eigenvalue weighted by molar-refractivity contribution is 6.10. The molecule has 7 heteroatoms. The number of nitrogens with zero attached hydrogens (tertiary/aromatic N) is 4. The molecule has 1 atom stereocenters. The molecule has 0 saturated heterocycles. The molecule has 0 bridgehead atoms. The molecule has 0 fully saturated rings. The molecule has 2 amide bonds. The number of anilines is 2. The van der Waals surface area contributed by atoms with Crippen LogP contribution in [0, 0.1) is 13.8 Å². The molecule has 5 rings (SSSR count). The van der Waals surface area contributed by atoms with E-state index >= 15 is 0 Å². The average Bonchev–Trinajstić information content (AvgIpc) is 3.23. The first kappa shape index (κ1) is 20.1. The number of carbonyl (C=O) groups excluding carboxylic acids is 1. The molecular formula is C25H24N4O3. The number of aryl methyl sites for hydroxylation is 2. The van der Waals surface area contributed by atoms with Crippen LogP contribution in [0.5, 0.6) is 0 Å². The summed E-state index contributed by atoms with van der Waals surface area (Å²) in [6, 6.07) is 17.1. The van der Waals surface area contributed by atoms with Gasteiger partial charge in [0, 0.05) is 11.9 Å². The van der Waals surface area contributed by atoms with Gasteiger partial charge in [-0.2, -0.15) is 5.10 Å². The SMILES string of the molecule is CCC1CN(C(=O)c2cc3ccc4ccccc4n3n2)c2cc(C)c(C)cc2N1C(=O)O. The largest absolute Gasteiger partial charge is 0.465 e. The molecule has 0 radical (unpaired) electrons. The van der Waals surface area contributed by atoms with Gasteiger partial charge in [0.25, 0.3) is 5.91 Å². The van der Waals surface area contributed by atoms with Gasteiger partial charge in [0.15, 0.2) is 5.69 Å². The van der Waals surface area contributed by atoms with Crippen LogP contribution in [-0.2, 0) is 0 Å². The summed E-state index contributed by atoms with van der Waals surface area (Å²) < 4.78 is 1.79. The van der Waals surface area contributed by atoms with E-state index in [1.54, 1.807) is 15.5 Å². The minimum Gasteiger partial charge on any atom is -0.465 e. The first-order chi connectivity index (χ1) is 15.4. The number of para-hydroxylation sites is 1. The van der Waals surface area contributed by atoms with E-state index in [1.807, 2.05) is 69.3 Å². The van der Waals surface area contributed by atoms with Gasteiger partial charge in [-0.3, -0.25) is 9.69 Å². The van der Waals surface area contributed by atoms with Crippen LogP contribution in [0.1, 0.15) is 35.0 Å². The van der Waals surface area contributed by atoms with Gasteiger partial charge in [-0.15, -0.1) is 0 Å². The van der Waals surface area contributed by atoms with Crippen LogP contribution in [0.15, 0.2) is 54.6 Å². The number of carbonyl (C=O) groups is 2. The zero-order chi connectivity index (χ0) is 22.6. The smallest absolute Gasteiger partial charge is 0.412 e. The quantitative estimate of drug-likeness (QED) is 0.486. The van der Waals surface area contributed by atoms with Gasteiger partial charge < -0.3 is 10.0 Å². The fraction of sp³-hybridized carbons (Fsp3) is 0.240. The Balaban J connectivity index is 1.65. The van der Waals surface area contributed by atoms with Crippen molar-refractivity contribution in [3.63, 3.8) is 0 Å². The zero-order valence-electron chi connectivity index (χ0n) is 18.2. The second kappa shape index (κ2) is 7.37. The molecule has 1 N–H and O–H groups in total. The summed E-state index contributed by atoms with van der Waals surface area (Å²) >= 11 is 0. The number of carboxylic acid groups (broad SMARTS) is 1. The molecule has 0 spiro atoms. The Morgan fingerprint density at radius 1 is 1.03 bits per heavy atom. The summed E-state index contributed by atoms with van der Waals surface area (Å²) in [7, 11) is 0. The first-order valence-electron chi connectivity index (χ1n) is 10.7. The van der Waals surface area contributed by atoms with Crippen molar-refractivity contribution in [3.05, 3.63) is 71.4 Å². The van der Waals surface area contributed by atoms with E-state index in [4.69, 9.17) is 0 Å². The maximum absolute atomic E-state index is 13.7. The van der Waals surface area contributed by atoms with Crippen molar-refractivity contribution in [3.8, 4) is 0 Å². The Morgan fingerprint density at radius 3 is 2.47 bits per heavy atom. The molecule has 0 saturated carbocycles. The maximum atomic E-state index is 13.7. The average molecular weight is 428 g/mol. The third-order valence-electron chi connectivity index (χ3n) is 6.38. The predicted molar refractivity (Wildman–Crippen MR) is 125 cm³/mol. The molecular weight excluding hydrogens is 404 g/mol. The third kappa shape index (κ3) is 3.00. The van der Waals surface area contributed by atoms with Crippen LogP contribution >= 0.6 is 0 Å². The van der Waals surface area contributed by atoms with Crippen molar-refractivity contribution in [1.82, 2.24) is 9.61 Å². The molecule has 2 aromatic carbocycles. The van der Waals surface area contributed by atoms with Crippen LogP contribution < -0.4 is 9.80 Å². The Bertz CT molecular complexity index is 1390. The van der Waals surface area contributed by atoms with Gasteiger partial charge in [0.1, 0.15) is 0 Å². The van der Waals surface area contributed by atoms with E-state index in [0.29, 0.717) is 23.5 Å². The number of hydrogen-bond donors (Lipinski definition) is 1. The fourth-order valence-electron chi connectivity index (χ4n) is 4.49. The second-order valence-electron chi connectivity index (χ2n) is 8.31. The van der Waals surface area contributed by atoms with E-state index in [0.717, 1.165) is 27.5 Å². The number of amides is 2. The molecule has 3 heterocycles. The van der Waals surface area contributed by atoms with Crippen molar-refractivity contribution in [2.24, 2.45) is 0 Å². The van der Waals surface area contributed by atoms with E-state index < -0.39 is 6.09 Å². The number of aromatic nitrogens is 2. The Morgan fingerprint density at radius 2 is 1.75 bits per heavy atom. The molecule has 1 unspecified atom stereocenters. The Labute approximate surface area is 185 Å². The lowest BCUT2D eigenvalue weighted by atomic mass is 10.00. The molecule has 4 aromatic rings. The van der Waals surface area contributed by atoms with Crippen molar-refractivity contribution in [2.45, 2.75) is 33.2 Å². The lowest BCUT2D eigenvalue weighted by Crippen LogP contribution is -2.52. The van der Waals surface area contributed by atoms with Crippen molar-refractivity contribution in [2.75, 3.05) is 16.3 Å². The first-order valence-corrected chi connectivity index (χ1v) is 10.7. The normalized spacial score (nSPS) is 15.9. The Hall–Kier alpha value is -3.87. The van der Waals surface area contributed by atoms with Gasteiger partial charge >= 0.3 is 6.09 Å². The van der Waals surface area contributed by atoms with Crippen LogP contribution in [0.4, 0.5) is 16.2 Å². The predicted octanol–water partition coefficient (Wildman–Crippen LogP) is 5.03. The minimum absolute atomic E-state index is 0.231. The third-order valence-corrected chi connectivity index (χ3v) is 6.38. The molecule has 7 nitrogen and oxygen atoms in total. The monoisotopic (exact) mass is 428 g/mol. The fourth-order valence-corrected chi connectivity index (χ4v) is 4.49. The molecule has 32 heavy (non-hydrogen) atoms. The highest BCUT2D eigenvalue weighted by Crippen LogP contribution is 2.39. The molecule has 1 aliphatic rings. The van der Waals surface area contributed by atoms with Gasteiger partial charge in [0.2, 0.25) is 0 Å². The molecule has 1 aliphatic heterocycles. The van der Waals surface area contributed by atoms with E-state index in [9.17, 15) is 14.7 Å². The molecule has 162 valence electrons. The lowest BCUT2D eigenvalue weighted by molar-refractivity contribution is 0.0977. The summed E-state index contributed by atoms with van der Waals surface area (Å²) in [5, 5.41) is 15.6. The van der Waals surface area contributed by atoms with Crippen LogP contribution in [-0.4, -0.2) is 39.3 Å².